The fraction of sp³-hybridized carbons (Fsp3) is 0.364. The number of rotatable bonds is 5. The molecule has 76 valence electrons. The van der Waals surface area contributed by atoms with Crippen molar-refractivity contribution in [3.05, 3.63) is 36.4 Å². The Labute approximate surface area is 83.8 Å². The van der Waals surface area contributed by atoms with E-state index >= 15 is 0 Å². The van der Waals surface area contributed by atoms with E-state index in [1.165, 1.54) is 12.3 Å². The number of nitrogens with one attached hydrogen (secondary N) is 1. The Hall–Kier alpha value is -1.51. The number of hydrogen-bond acceptors (Lipinski definition) is 3. The van der Waals surface area contributed by atoms with Gasteiger partial charge in [-0.15, -0.1) is 0 Å². The van der Waals surface area contributed by atoms with Crippen LogP contribution in [0.3, 0.4) is 0 Å². The van der Waals surface area contributed by atoms with Crippen molar-refractivity contribution in [3.63, 3.8) is 0 Å². The molecule has 0 fully saturated rings. The fourth-order valence-corrected chi connectivity index (χ4v) is 0.939. The number of hydrogen-bond donors (Lipinski definition) is 1. The van der Waals surface area contributed by atoms with E-state index in [0.717, 1.165) is 6.54 Å². The molecule has 0 unspecified atom stereocenters. The van der Waals surface area contributed by atoms with Crippen molar-refractivity contribution in [3.8, 4) is 0 Å². The Morgan fingerprint density at radius 3 is 3.00 bits per heavy atom. The van der Waals surface area contributed by atoms with Crippen LogP contribution in [0.2, 0.25) is 0 Å². The van der Waals surface area contributed by atoms with Crippen molar-refractivity contribution in [1.82, 2.24) is 5.32 Å². The van der Waals surface area contributed by atoms with Crippen LogP contribution in [-0.2, 0) is 0 Å². The average Bonchev–Trinajstić information content (AvgIpc) is 2.64. The molecular weight excluding hydrogens is 178 g/mol. The lowest BCUT2D eigenvalue weighted by Gasteiger charge is -2.02. The lowest BCUT2D eigenvalue weighted by molar-refractivity contribution is 0.102. The van der Waals surface area contributed by atoms with Crippen LogP contribution in [-0.4, -0.2) is 12.3 Å². The van der Waals surface area contributed by atoms with Gasteiger partial charge in [0.05, 0.1) is 6.26 Å². The van der Waals surface area contributed by atoms with Crippen LogP contribution in [0.5, 0.6) is 0 Å². The Morgan fingerprint density at radius 1 is 1.64 bits per heavy atom. The molecule has 0 radical (unpaired) electrons. The van der Waals surface area contributed by atoms with Crippen molar-refractivity contribution in [2.45, 2.75) is 13.8 Å². The molecule has 0 amide bonds. The quantitative estimate of drug-likeness (QED) is 0.576. The molecule has 1 N–H and O–H groups in total. The zero-order valence-corrected chi connectivity index (χ0v) is 8.49. The van der Waals surface area contributed by atoms with Crippen molar-refractivity contribution < 1.29 is 9.21 Å². The van der Waals surface area contributed by atoms with E-state index in [4.69, 9.17) is 4.42 Å². The first-order chi connectivity index (χ1) is 6.70. The molecule has 3 nitrogen and oxygen atoms in total. The van der Waals surface area contributed by atoms with Crippen molar-refractivity contribution in [2.24, 2.45) is 5.92 Å². The molecule has 0 saturated carbocycles. The summed E-state index contributed by atoms with van der Waals surface area (Å²) in [6.45, 7) is 5.08. The number of carbonyl (C=O) groups excluding carboxylic acids is 1. The second-order valence-corrected chi connectivity index (χ2v) is 3.48. The third kappa shape index (κ3) is 3.47. The molecule has 0 aliphatic heterocycles. The third-order valence-electron chi connectivity index (χ3n) is 1.64. The number of allylic oxidation sites excluding steroid dienone is 1. The van der Waals surface area contributed by atoms with Crippen LogP contribution in [0.4, 0.5) is 0 Å². The van der Waals surface area contributed by atoms with E-state index in [2.05, 4.69) is 19.2 Å². The fourth-order valence-electron chi connectivity index (χ4n) is 0.939. The summed E-state index contributed by atoms with van der Waals surface area (Å²) in [5.74, 6) is 0.817. The second-order valence-electron chi connectivity index (χ2n) is 3.48. The highest BCUT2D eigenvalue weighted by Crippen LogP contribution is 2.01. The second kappa shape index (κ2) is 5.27. The standard InChI is InChI=1S/C11H15NO2/c1-9(2)8-12-6-5-10(13)11-4-3-7-14-11/h3-7,9,12H,8H2,1-2H3/b6-5+. The number of furan rings is 1. The molecule has 1 aromatic rings. The van der Waals surface area contributed by atoms with E-state index in [0.29, 0.717) is 11.7 Å². The lowest BCUT2D eigenvalue weighted by atomic mass is 10.2. The maximum Gasteiger partial charge on any atom is 0.222 e. The Bertz CT molecular complexity index is 299. The Morgan fingerprint density at radius 2 is 2.43 bits per heavy atom. The van der Waals surface area contributed by atoms with Gasteiger partial charge in [-0.05, 0) is 18.1 Å². The Kier molecular flexibility index (Phi) is 3.98. The molecular formula is C11H15NO2. The largest absolute Gasteiger partial charge is 0.461 e. The van der Waals surface area contributed by atoms with Crippen LogP contribution in [0.1, 0.15) is 24.4 Å². The molecule has 0 aliphatic carbocycles. The minimum absolute atomic E-state index is 0.119. The molecule has 1 aromatic heterocycles. The molecule has 0 atom stereocenters. The van der Waals surface area contributed by atoms with Gasteiger partial charge in [-0.25, -0.2) is 0 Å². The van der Waals surface area contributed by atoms with Crippen LogP contribution >= 0.6 is 0 Å². The van der Waals surface area contributed by atoms with E-state index in [1.807, 2.05) is 0 Å². The van der Waals surface area contributed by atoms with Crippen LogP contribution in [0, 0.1) is 5.92 Å². The monoisotopic (exact) mass is 193 g/mol. The summed E-state index contributed by atoms with van der Waals surface area (Å²) in [5.41, 5.74) is 0. The summed E-state index contributed by atoms with van der Waals surface area (Å²) in [7, 11) is 0. The van der Waals surface area contributed by atoms with Gasteiger partial charge in [-0.3, -0.25) is 4.79 Å². The molecule has 3 heteroatoms. The SMILES string of the molecule is CC(C)CN/C=C/C(=O)c1ccco1. The molecule has 0 bridgehead atoms. The zero-order chi connectivity index (χ0) is 10.4. The highest BCUT2D eigenvalue weighted by Gasteiger charge is 2.02. The van der Waals surface area contributed by atoms with Gasteiger partial charge < -0.3 is 9.73 Å². The van der Waals surface area contributed by atoms with Gasteiger partial charge in [0, 0.05) is 18.8 Å². The summed E-state index contributed by atoms with van der Waals surface area (Å²) in [4.78, 5) is 11.3. The first-order valence-corrected chi connectivity index (χ1v) is 4.68. The first-order valence-electron chi connectivity index (χ1n) is 4.68. The van der Waals surface area contributed by atoms with Gasteiger partial charge >= 0.3 is 0 Å². The van der Waals surface area contributed by atoms with Crippen molar-refractivity contribution in [1.29, 1.82) is 0 Å². The van der Waals surface area contributed by atoms with Gasteiger partial charge in [0.1, 0.15) is 0 Å². The Balaban J connectivity index is 2.34. The van der Waals surface area contributed by atoms with Gasteiger partial charge in [0.15, 0.2) is 5.76 Å². The summed E-state index contributed by atoms with van der Waals surface area (Å²) >= 11 is 0. The number of ketones is 1. The van der Waals surface area contributed by atoms with E-state index in [-0.39, 0.29) is 5.78 Å². The summed E-state index contributed by atoms with van der Waals surface area (Å²) in [6.07, 6.45) is 4.62. The maximum absolute atomic E-state index is 11.3. The summed E-state index contributed by atoms with van der Waals surface area (Å²) in [5, 5.41) is 3.03. The number of carbonyl (C=O) groups is 1. The molecule has 1 heterocycles. The normalized spacial score (nSPS) is 11.1. The van der Waals surface area contributed by atoms with Gasteiger partial charge in [0.2, 0.25) is 5.78 Å². The average molecular weight is 193 g/mol. The predicted octanol–water partition coefficient (Wildman–Crippen LogP) is 2.22. The van der Waals surface area contributed by atoms with Gasteiger partial charge in [-0.1, -0.05) is 13.8 Å². The smallest absolute Gasteiger partial charge is 0.222 e. The molecule has 14 heavy (non-hydrogen) atoms. The molecule has 1 rings (SSSR count). The van der Waals surface area contributed by atoms with Crippen LogP contribution in [0.25, 0.3) is 0 Å². The lowest BCUT2D eigenvalue weighted by Crippen LogP contribution is -2.13. The highest BCUT2D eigenvalue weighted by molar-refractivity contribution is 6.02. The zero-order valence-electron chi connectivity index (χ0n) is 8.49. The van der Waals surface area contributed by atoms with Crippen LogP contribution < -0.4 is 5.32 Å². The molecule has 0 aliphatic rings. The van der Waals surface area contributed by atoms with E-state index in [9.17, 15) is 4.79 Å². The summed E-state index contributed by atoms with van der Waals surface area (Å²) < 4.78 is 4.94. The van der Waals surface area contributed by atoms with Crippen molar-refractivity contribution >= 4 is 5.78 Å². The first kappa shape index (κ1) is 10.6. The topological polar surface area (TPSA) is 42.2 Å². The van der Waals surface area contributed by atoms with Gasteiger partial charge in [0.25, 0.3) is 0 Å². The maximum atomic E-state index is 11.3. The highest BCUT2D eigenvalue weighted by atomic mass is 16.3. The minimum atomic E-state index is -0.119. The molecule has 0 spiro atoms. The van der Waals surface area contributed by atoms with E-state index in [1.54, 1.807) is 18.3 Å². The predicted molar refractivity (Wildman–Crippen MR) is 55.0 cm³/mol. The third-order valence-corrected chi connectivity index (χ3v) is 1.64. The molecule has 0 saturated heterocycles. The molecule has 0 aromatic carbocycles. The van der Waals surface area contributed by atoms with Crippen molar-refractivity contribution in [2.75, 3.05) is 6.54 Å². The van der Waals surface area contributed by atoms with Gasteiger partial charge in [-0.2, -0.15) is 0 Å². The van der Waals surface area contributed by atoms with E-state index < -0.39 is 0 Å². The minimum Gasteiger partial charge on any atom is -0.461 e. The summed E-state index contributed by atoms with van der Waals surface area (Å²) in [6, 6.07) is 3.34. The van der Waals surface area contributed by atoms with Crippen LogP contribution in [0.15, 0.2) is 35.1 Å².